The molecule has 1 N–H and O–H groups in total. The zero-order chi connectivity index (χ0) is 13.0. The summed E-state index contributed by atoms with van der Waals surface area (Å²) in [5.74, 6) is 0.850. The van der Waals surface area contributed by atoms with Gasteiger partial charge in [0.1, 0.15) is 0 Å². The summed E-state index contributed by atoms with van der Waals surface area (Å²) in [7, 11) is 0. The Morgan fingerprint density at radius 2 is 1.94 bits per heavy atom. The molecule has 106 valence electrons. The molecule has 1 atom stereocenters. The number of nitrogens with zero attached hydrogens (tertiary/aromatic N) is 1. The molecule has 1 saturated heterocycles. The number of rotatable bonds is 4. The van der Waals surface area contributed by atoms with E-state index in [-0.39, 0.29) is 12.2 Å². The summed E-state index contributed by atoms with van der Waals surface area (Å²) in [4.78, 5) is 2.50. The maximum absolute atomic E-state index is 12.4. The van der Waals surface area contributed by atoms with Crippen molar-refractivity contribution in [2.24, 2.45) is 5.92 Å². The average molecular weight is 256 g/mol. The minimum absolute atomic E-state index is 0.181. The molecule has 0 aromatic rings. The standard InChI is InChI=1S/C15H29FN2/c1-15(2)12-17-14(11-18(15)10-6-9-16)13-7-4-3-5-8-13/h13-14,17H,3-12H2,1-2H3. The van der Waals surface area contributed by atoms with Crippen LogP contribution in [0.3, 0.4) is 0 Å². The number of piperazine rings is 1. The Balaban J connectivity index is 1.90. The number of hydrogen-bond donors (Lipinski definition) is 1. The smallest absolute Gasteiger partial charge is 0.0906 e. The molecule has 1 aliphatic carbocycles. The molecule has 1 heterocycles. The first-order valence-electron chi connectivity index (χ1n) is 7.68. The van der Waals surface area contributed by atoms with Crippen LogP contribution < -0.4 is 5.32 Å². The summed E-state index contributed by atoms with van der Waals surface area (Å²) in [6, 6.07) is 0.637. The first-order chi connectivity index (χ1) is 8.63. The van der Waals surface area contributed by atoms with Crippen molar-refractivity contribution in [1.82, 2.24) is 10.2 Å². The maximum Gasteiger partial charge on any atom is 0.0906 e. The topological polar surface area (TPSA) is 15.3 Å². The largest absolute Gasteiger partial charge is 0.311 e. The molecule has 18 heavy (non-hydrogen) atoms. The van der Waals surface area contributed by atoms with Crippen molar-refractivity contribution in [3.63, 3.8) is 0 Å². The summed E-state index contributed by atoms with van der Waals surface area (Å²) >= 11 is 0. The van der Waals surface area contributed by atoms with E-state index in [9.17, 15) is 4.39 Å². The molecule has 0 aromatic carbocycles. The van der Waals surface area contributed by atoms with E-state index >= 15 is 0 Å². The summed E-state index contributed by atoms with van der Waals surface area (Å²) in [5.41, 5.74) is 0.181. The quantitative estimate of drug-likeness (QED) is 0.832. The van der Waals surface area contributed by atoms with Gasteiger partial charge in [0, 0.05) is 31.2 Å². The second-order valence-corrected chi connectivity index (χ2v) is 6.69. The van der Waals surface area contributed by atoms with E-state index in [2.05, 4.69) is 24.1 Å². The second-order valence-electron chi connectivity index (χ2n) is 6.69. The number of halogens is 1. The van der Waals surface area contributed by atoms with Crippen LogP contribution in [0.5, 0.6) is 0 Å². The van der Waals surface area contributed by atoms with Gasteiger partial charge >= 0.3 is 0 Å². The lowest BCUT2D eigenvalue weighted by molar-refractivity contribution is 0.0418. The summed E-state index contributed by atoms with van der Waals surface area (Å²) in [6.45, 7) is 7.42. The fraction of sp³-hybridized carbons (Fsp3) is 1.00. The fourth-order valence-corrected chi connectivity index (χ4v) is 3.54. The van der Waals surface area contributed by atoms with Crippen molar-refractivity contribution in [3.05, 3.63) is 0 Å². The van der Waals surface area contributed by atoms with Crippen LogP contribution in [0.4, 0.5) is 4.39 Å². The van der Waals surface area contributed by atoms with Crippen LogP contribution in [0.15, 0.2) is 0 Å². The molecule has 0 amide bonds. The minimum Gasteiger partial charge on any atom is -0.311 e. The molecule has 0 radical (unpaired) electrons. The maximum atomic E-state index is 12.4. The van der Waals surface area contributed by atoms with Gasteiger partial charge in [0.15, 0.2) is 0 Å². The number of nitrogens with one attached hydrogen (secondary N) is 1. The third kappa shape index (κ3) is 3.45. The van der Waals surface area contributed by atoms with E-state index in [1.54, 1.807) is 0 Å². The van der Waals surface area contributed by atoms with Crippen LogP contribution in [0.2, 0.25) is 0 Å². The van der Waals surface area contributed by atoms with Gasteiger partial charge in [-0.1, -0.05) is 19.3 Å². The minimum atomic E-state index is -0.186. The molecular weight excluding hydrogens is 227 g/mol. The van der Waals surface area contributed by atoms with Crippen LogP contribution in [-0.4, -0.2) is 42.8 Å². The number of hydrogen-bond acceptors (Lipinski definition) is 2. The molecule has 2 fully saturated rings. The van der Waals surface area contributed by atoms with Crippen LogP contribution >= 0.6 is 0 Å². The van der Waals surface area contributed by atoms with Crippen LogP contribution in [0.25, 0.3) is 0 Å². The third-order valence-corrected chi connectivity index (χ3v) is 4.85. The predicted molar refractivity (Wildman–Crippen MR) is 74.6 cm³/mol. The first-order valence-corrected chi connectivity index (χ1v) is 7.68. The molecular formula is C15H29FN2. The highest BCUT2D eigenvalue weighted by atomic mass is 19.1. The van der Waals surface area contributed by atoms with Gasteiger partial charge in [-0.3, -0.25) is 9.29 Å². The zero-order valence-corrected chi connectivity index (χ0v) is 12.1. The first kappa shape index (κ1) is 14.3. The van der Waals surface area contributed by atoms with E-state index in [4.69, 9.17) is 0 Å². The zero-order valence-electron chi connectivity index (χ0n) is 12.1. The molecule has 1 saturated carbocycles. The van der Waals surface area contributed by atoms with Gasteiger partial charge in [-0.15, -0.1) is 0 Å². The van der Waals surface area contributed by atoms with E-state index < -0.39 is 0 Å². The highest BCUT2D eigenvalue weighted by Gasteiger charge is 2.36. The van der Waals surface area contributed by atoms with E-state index in [1.165, 1.54) is 32.1 Å². The lowest BCUT2D eigenvalue weighted by Crippen LogP contribution is -2.63. The lowest BCUT2D eigenvalue weighted by Gasteiger charge is -2.48. The lowest BCUT2D eigenvalue weighted by atomic mass is 9.81. The fourth-order valence-electron chi connectivity index (χ4n) is 3.54. The molecule has 1 unspecified atom stereocenters. The molecule has 2 aliphatic rings. The van der Waals surface area contributed by atoms with Gasteiger partial charge in [0.2, 0.25) is 0 Å². The Bertz CT molecular complexity index is 249. The number of alkyl halides is 1. The normalized spacial score (nSPS) is 30.5. The average Bonchev–Trinajstić information content (AvgIpc) is 2.38. The van der Waals surface area contributed by atoms with E-state index in [1.807, 2.05) is 0 Å². The van der Waals surface area contributed by atoms with Crippen molar-refractivity contribution in [3.8, 4) is 0 Å². The summed E-state index contributed by atoms with van der Waals surface area (Å²) in [5, 5.41) is 3.75. The Morgan fingerprint density at radius 1 is 1.22 bits per heavy atom. The molecule has 2 nitrogen and oxygen atoms in total. The van der Waals surface area contributed by atoms with Crippen LogP contribution in [-0.2, 0) is 0 Å². The molecule has 0 aromatic heterocycles. The molecule has 0 bridgehead atoms. The van der Waals surface area contributed by atoms with Crippen molar-refractivity contribution >= 4 is 0 Å². The van der Waals surface area contributed by atoms with Gasteiger partial charge < -0.3 is 5.32 Å². The molecule has 3 heteroatoms. The molecule has 0 spiro atoms. The Hall–Kier alpha value is -0.150. The van der Waals surface area contributed by atoms with Crippen LogP contribution in [0, 0.1) is 5.92 Å². The highest BCUT2D eigenvalue weighted by Crippen LogP contribution is 2.30. The van der Waals surface area contributed by atoms with Gasteiger partial charge in [-0.2, -0.15) is 0 Å². The Labute approximate surface area is 111 Å². The molecule has 1 aliphatic heterocycles. The second kappa shape index (κ2) is 6.33. The van der Waals surface area contributed by atoms with Crippen molar-refractivity contribution in [1.29, 1.82) is 0 Å². The van der Waals surface area contributed by atoms with Gasteiger partial charge in [-0.05, 0) is 39.0 Å². The van der Waals surface area contributed by atoms with Gasteiger partial charge in [0.05, 0.1) is 6.67 Å². The molecule has 2 rings (SSSR count). The van der Waals surface area contributed by atoms with Crippen LogP contribution in [0.1, 0.15) is 52.4 Å². The van der Waals surface area contributed by atoms with Gasteiger partial charge in [0.25, 0.3) is 0 Å². The SMILES string of the molecule is CC1(C)CNC(C2CCCCC2)CN1CCCF. The van der Waals surface area contributed by atoms with Crippen molar-refractivity contribution in [2.45, 2.75) is 64.0 Å². The van der Waals surface area contributed by atoms with Crippen molar-refractivity contribution in [2.75, 3.05) is 26.3 Å². The summed E-state index contributed by atoms with van der Waals surface area (Å²) in [6.07, 6.45) is 7.67. The third-order valence-electron chi connectivity index (χ3n) is 4.85. The van der Waals surface area contributed by atoms with Crippen molar-refractivity contribution < 1.29 is 4.39 Å². The van der Waals surface area contributed by atoms with E-state index in [0.717, 1.165) is 25.6 Å². The Kier molecular flexibility index (Phi) is 5.02. The monoisotopic (exact) mass is 256 g/mol. The van der Waals surface area contributed by atoms with E-state index in [0.29, 0.717) is 12.5 Å². The highest BCUT2D eigenvalue weighted by molar-refractivity contribution is 4.95. The predicted octanol–water partition coefficient (Wildman–Crippen LogP) is 2.98. The Morgan fingerprint density at radius 3 is 2.61 bits per heavy atom. The van der Waals surface area contributed by atoms with Gasteiger partial charge in [-0.25, -0.2) is 0 Å². The summed E-state index contributed by atoms with van der Waals surface area (Å²) < 4.78 is 12.4.